The molecule has 1 nitrogen and oxygen atoms in total. The Morgan fingerprint density at radius 2 is 1.53 bits per heavy atom. The molecule has 0 saturated heterocycles. The fourth-order valence-corrected chi connectivity index (χ4v) is 2.40. The lowest BCUT2D eigenvalue weighted by Gasteiger charge is -2.14. The Morgan fingerprint density at radius 1 is 1.00 bits per heavy atom. The van der Waals surface area contributed by atoms with Gasteiger partial charge in [0.25, 0.3) is 0 Å². The van der Waals surface area contributed by atoms with Gasteiger partial charge in [-0.3, -0.25) is 0 Å². The molecule has 2 N–H and O–H groups in total. The predicted octanol–water partition coefficient (Wildman–Crippen LogP) is 4.51. The van der Waals surface area contributed by atoms with Crippen LogP contribution in [0.1, 0.15) is 17.2 Å². The summed E-state index contributed by atoms with van der Waals surface area (Å²) in [4.78, 5) is 0. The second kappa shape index (κ2) is 5.87. The molecule has 5 heteroatoms. The van der Waals surface area contributed by atoms with E-state index in [2.05, 4.69) is 0 Å². The summed E-state index contributed by atoms with van der Waals surface area (Å²) in [5, 5.41) is 0.874. The third-order valence-corrected chi connectivity index (χ3v) is 3.24. The van der Waals surface area contributed by atoms with E-state index in [1.54, 1.807) is 18.2 Å². The SMILES string of the molecule is NC(Cc1c(F)cccc1F)c1cc(Cl)cc(Cl)c1. The molecule has 1 unspecified atom stereocenters. The van der Waals surface area contributed by atoms with Crippen molar-refractivity contribution in [3.63, 3.8) is 0 Å². The van der Waals surface area contributed by atoms with Crippen molar-refractivity contribution < 1.29 is 8.78 Å². The maximum Gasteiger partial charge on any atom is 0.129 e. The molecule has 2 aromatic carbocycles. The zero-order chi connectivity index (χ0) is 14.0. The average Bonchev–Trinajstić information content (AvgIpc) is 2.32. The second-order valence-electron chi connectivity index (χ2n) is 4.21. The molecule has 1 atom stereocenters. The maximum atomic E-state index is 13.5. The van der Waals surface area contributed by atoms with Crippen LogP contribution in [0.3, 0.4) is 0 Å². The fourth-order valence-electron chi connectivity index (χ4n) is 1.85. The largest absolute Gasteiger partial charge is 0.324 e. The Morgan fingerprint density at radius 3 is 2.05 bits per heavy atom. The molecule has 0 amide bonds. The summed E-state index contributed by atoms with van der Waals surface area (Å²) >= 11 is 11.7. The minimum Gasteiger partial charge on any atom is -0.324 e. The Labute approximate surface area is 119 Å². The highest BCUT2D eigenvalue weighted by atomic mass is 35.5. The fraction of sp³-hybridized carbons (Fsp3) is 0.143. The van der Waals surface area contributed by atoms with Gasteiger partial charge in [0.1, 0.15) is 11.6 Å². The molecular weight excluding hydrogens is 291 g/mol. The van der Waals surface area contributed by atoms with Crippen molar-refractivity contribution in [2.45, 2.75) is 12.5 Å². The number of hydrogen-bond donors (Lipinski definition) is 1. The number of halogens is 4. The van der Waals surface area contributed by atoms with Crippen molar-refractivity contribution in [1.82, 2.24) is 0 Å². The van der Waals surface area contributed by atoms with Crippen LogP contribution in [0, 0.1) is 11.6 Å². The lowest BCUT2D eigenvalue weighted by Crippen LogP contribution is -2.15. The average molecular weight is 302 g/mol. The van der Waals surface area contributed by atoms with E-state index in [-0.39, 0.29) is 12.0 Å². The minimum atomic E-state index is -0.608. The van der Waals surface area contributed by atoms with Crippen molar-refractivity contribution in [1.29, 1.82) is 0 Å². The summed E-state index contributed by atoms with van der Waals surface area (Å²) in [6.07, 6.45) is 0.0369. The molecule has 100 valence electrons. The van der Waals surface area contributed by atoms with Crippen LogP contribution in [0.4, 0.5) is 8.78 Å². The summed E-state index contributed by atoms with van der Waals surface area (Å²) in [6.45, 7) is 0. The highest BCUT2D eigenvalue weighted by Crippen LogP contribution is 2.25. The Bertz CT molecular complexity index is 561. The monoisotopic (exact) mass is 301 g/mol. The van der Waals surface area contributed by atoms with Gasteiger partial charge in [0.2, 0.25) is 0 Å². The first-order chi connectivity index (χ1) is 8.97. The van der Waals surface area contributed by atoms with Gasteiger partial charge in [-0.25, -0.2) is 8.78 Å². The van der Waals surface area contributed by atoms with E-state index in [0.717, 1.165) is 0 Å². The van der Waals surface area contributed by atoms with Crippen LogP contribution in [0.15, 0.2) is 36.4 Å². The number of nitrogens with two attached hydrogens (primary N) is 1. The van der Waals surface area contributed by atoms with Crippen LogP contribution in [0.2, 0.25) is 10.0 Å². The van der Waals surface area contributed by atoms with E-state index < -0.39 is 17.7 Å². The van der Waals surface area contributed by atoms with E-state index >= 15 is 0 Å². The van der Waals surface area contributed by atoms with Gasteiger partial charge >= 0.3 is 0 Å². The molecule has 2 aromatic rings. The van der Waals surface area contributed by atoms with Crippen LogP contribution in [-0.2, 0) is 6.42 Å². The normalized spacial score (nSPS) is 12.5. The van der Waals surface area contributed by atoms with Crippen molar-refractivity contribution in [3.05, 3.63) is 69.2 Å². The van der Waals surface area contributed by atoms with Crippen LogP contribution < -0.4 is 5.73 Å². The Kier molecular flexibility index (Phi) is 4.40. The number of rotatable bonds is 3. The molecule has 0 spiro atoms. The van der Waals surface area contributed by atoms with Crippen molar-refractivity contribution in [3.8, 4) is 0 Å². The van der Waals surface area contributed by atoms with Crippen molar-refractivity contribution >= 4 is 23.2 Å². The third kappa shape index (κ3) is 3.44. The molecule has 0 aliphatic heterocycles. The van der Waals surface area contributed by atoms with E-state index in [4.69, 9.17) is 28.9 Å². The summed E-state index contributed by atoms with van der Waals surface area (Å²) < 4.78 is 27.1. The minimum absolute atomic E-state index is 0.0360. The standard InChI is InChI=1S/C14H11Cl2F2N/c15-9-4-8(5-10(16)6-9)14(19)7-11-12(17)2-1-3-13(11)18/h1-6,14H,7,19H2. The zero-order valence-corrected chi connectivity index (χ0v) is 11.3. The first-order valence-corrected chi connectivity index (χ1v) is 6.37. The highest BCUT2D eigenvalue weighted by Gasteiger charge is 2.15. The molecule has 0 aliphatic carbocycles. The van der Waals surface area contributed by atoms with Crippen molar-refractivity contribution in [2.24, 2.45) is 5.73 Å². The van der Waals surface area contributed by atoms with Gasteiger partial charge in [-0.1, -0.05) is 29.3 Å². The van der Waals surface area contributed by atoms with E-state index in [1.807, 2.05) is 0 Å². The summed E-state index contributed by atoms with van der Waals surface area (Å²) in [6, 6.07) is 7.99. The molecule has 0 aromatic heterocycles. The number of benzene rings is 2. The molecule has 2 rings (SSSR count). The molecule has 0 radical (unpaired) electrons. The highest BCUT2D eigenvalue weighted by molar-refractivity contribution is 6.34. The molecule has 19 heavy (non-hydrogen) atoms. The quantitative estimate of drug-likeness (QED) is 0.886. The Hall–Kier alpha value is -1.16. The maximum absolute atomic E-state index is 13.5. The first kappa shape index (κ1) is 14.3. The van der Waals surface area contributed by atoms with Gasteiger partial charge in [-0.05, 0) is 42.3 Å². The molecule has 0 fully saturated rings. The lowest BCUT2D eigenvalue weighted by atomic mass is 9.99. The van der Waals surface area contributed by atoms with Gasteiger partial charge in [0, 0.05) is 21.7 Å². The lowest BCUT2D eigenvalue weighted by molar-refractivity contribution is 0.540. The topological polar surface area (TPSA) is 26.0 Å². The van der Waals surface area contributed by atoms with Crippen LogP contribution in [-0.4, -0.2) is 0 Å². The van der Waals surface area contributed by atoms with E-state index in [1.165, 1.54) is 18.2 Å². The van der Waals surface area contributed by atoms with Gasteiger partial charge in [0.05, 0.1) is 0 Å². The molecule has 0 bridgehead atoms. The smallest absolute Gasteiger partial charge is 0.129 e. The van der Waals surface area contributed by atoms with Gasteiger partial charge < -0.3 is 5.73 Å². The summed E-state index contributed by atoms with van der Waals surface area (Å²) in [5.74, 6) is -1.22. The molecule has 0 saturated carbocycles. The van der Waals surface area contributed by atoms with Crippen LogP contribution >= 0.6 is 23.2 Å². The zero-order valence-electron chi connectivity index (χ0n) is 9.84. The summed E-state index contributed by atoms with van der Waals surface area (Å²) in [7, 11) is 0. The van der Waals surface area contributed by atoms with Gasteiger partial charge in [-0.15, -0.1) is 0 Å². The summed E-state index contributed by atoms with van der Waals surface area (Å²) in [5.41, 5.74) is 6.55. The van der Waals surface area contributed by atoms with Crippen molar-refractivity contribution in [2.75, 3.05) is 0 Å². The first-order valence-electron chi connectivity index (χ1n) is 5.62. The molecule has 0 heterocycles. The van der Waals surface area contributed by atoms with Gasteiger partial charge in [0.15, 0.2) is 0 Å². The van der Waals surface area contributed by atoms with E-state index in [9.17, 15) is 8.78 Å². The van der Waals surface area contributed by atoms with Crippen LogP contribution in [0.5, 0.6) is 0 Å². The Balaban J connectivity index is 2.28. The van der Waals surface area contributed by atoms with E-state index in [0.29, 0.717) is 15.6 Å². The van der Waals surface area contributed by atoms with Gasteiger partial charge in [-0.2, -0.15) is 0 Å². The predicted molar refractivity (Wildman–Crippen MR) is 73.5 cm³/mol. The second-order valence-corrected chi connectivity index (χ2v) is 5.09. The number of hydrogen-bond acceptors (Lipinski definition) is 1. The molecule has 0 aliphatic rings. The molecular formula is C14H11Cl2F2N. The van der Waals surface area contributed by atoms with Crippen LogP contribution in [0.25, 0.3) is 0 Å². The third-order valence-electron chi connectivity index (χ3n) is 2.80.